The Kier molecular flexibility index (Phi) is 7.14. The number of tetrazole rings is 1. The van der Waals surface area contributed by atoms with Crippen LogP contribution in [-0.2, 0) is 19.2 Å². The number of thiazole rings is 1. The van der Waals surface area contributed by atoms with Crippen LogP contribution in [0.15, 0.2) is 32.9 Å². The fourth-order valence-corrected chi connectivity index (χ4v) is 7.01. The number of nitrogens with one attached hydrogen (secondary N) is 2. The second-order valence-electron chi connectivity index (χ2n) is 7.86. The maximum atomic E-state index is 13.1. The van der Waals surface area contributed by atoms with Gasteiger partial charge in [-0.2, -0.15) is 4.73 Å². The van der Waals surface area contributed by atoms with Gasteiger partial charge in [-0.1, -0.05) is 16.9 Å². The van der Waals surface area contributed by atoms with Crippen LogP contribution in [0.2, 0.25) is 0 Å². The number of nitrogens with two attached hydrogens (primary N) is 1. The predicted octanol–water partition coefficient (Wildman–Crippen LogP) is -1.62. The molecule has 5 heterocycles. The number of rotatable bonds is 9. The van der Waals surface area contributed by atoms with Gasteiger partial charge in [-0.05, 0) is 22.1 Å². The van der Waals surface area contributed by atoms with Crippen molar-refractivity contribution in [1.82, 2.24) is 40.2 Å². The van der Waals surface area contributed by atoms with Crippen LogP contribution in [0.3, 0.4) is 0 Å². The molecule has 2 aliphatic heterocycles. The largest absolute Gasteiger partial charge is 0.477 e. The van der Waals surface area contributed by atoms with Crippen molar-refractivity contribution < 1.29 is 29.2 Å². The number of carbonyl (C=O) groups excluding carboxylic acids is 2. The first-order valence-electron chi connectivity index (χ1n) is 10.8. The van der Waals surface area contributed by atoms with E-state index >= 15 is 0 Å². The fraction of sp³-hybridized carbons (Fsp3) is 0.316. The number of carboxylic acids is 1. The van der Waals surface area contributed by atoms with Gasteiger partial charge in [0.15, 0.2) is 5.71 Å². The molecule has 3 aromatic rings. The molecule has 0 spiro atoms. The lowest BCUT2D eigenvalue weighted by Crippen LogP contribution is -2.71. The summed E-state index contributed by atoms with van der Waals surface area (Å²) in [5, 5.41) is 40.8. The maximum Gasteiger partial charge on any atom is 0.352 e. The number of nitrogen functional groups attached to an aromatic ring is 1. The lowest BCUT2D eigenvalue weighted by Gasteiger charge is -2.49. The Morgan fingerprint density at radius 1 is 1.41 bits per heavy atom. The Morgan fingerprint density at radius 2 is 2.21 bits per heavy atom. The Morgan fingerprint density at radius 3 is 2.92 bits per heavy atom. The van der Waals surface area contributed by atoms with Gasteiger partial charge in [0.2, 0.25) is 10.4 Å². The number of hydrogen-bond donors (Lipinski definition) is 4. The molecule has 20 heteroatoms. The van der Waals surface area contributed by atoms with Crippen molar-refractivity contribution >= 4 is 69.7 Å². The molecule has 0 saturated carbocycles. The molecule has 0 radical (unpaired) electrons. The molecule has 1 saturated heterocycles. The summed E-state index contributed by atoms with van der Waals surface area (Å²) < 4.78 is 2.26. The summed E-state index contributed by atoms with van der Waals surface area (Å²) in [6.45, 7) is 0. The summed E-state index contributed by atoms with van der Waals surface area (Å²) in [5.41, 5.74) is 6.89. The number of amides is 2. The molecule has 5 N–H and O–H groups in total. The van der Waals surface area contributed by atoms with Crippen LogP contribution in [0.4, 0.5) is 5.69 Å². The standard InChI is InChI=1S/C19H19N11O6S3/c1-35-25-11(9-6-39-19(21)29(9)36-2)15(31)22-12-16(32)28-13(18(33)34)7(5-38-17(12)28)4-37-10-3-8(20)14-23-26-27-30(14)24-10/h3,6,12,17,21H,4-5,20H2,1-2H3,(H,22,31)(H,33,34)/t12-,17+/m1/s1. The summed E-state index contributed by atoms with van der Waals surface area (Å²) in [6, 6.07) is 0.585. The number of anilines is 1. The van der Waals surface area contributed by atoms with Gasteiger partial charge < -0.3 is 25.8 Å². The number of oxime groups is 1. The number of hydrogen-bond acceptors (Lipinski definition) is 15. The van der Waals surface area contributed by atoms with E-state index in [9.17, 15) is 19.5 Å². The van der Waals surface area contributed by atoms with E-state index in [4.69, 9.17) is 20.8 Å². The minimum atomic E-state index is -1.26. The van der Waals surface area contributed by atoms with E-state index in [0.29, 0.717) is 27.7 Å². The van der Waals surface area contributed by atoms with Gasteiger partial charge in [0, 0.05) is 16.9 Å². The zero-order valence-corrected chi connectivity index (χ0v) is 22.5. The fourth-order valence-electron chi connectivity index (χ4n) is 3.92. The molecular formula is C19H19N11O6S3. The minimum Gasteiger partial charge on any atom is -0.477 e. The molecule has 3 aromatic heterocycles. The molecule has 1 fully saturated rings. The number of β-lactam (4-membered cyclic amide) rings is 1. The number of thioether (sulfide) groups is 2. The first-order chi connectivity index (χ1) is 18.7. The summed E-state index contributed by atoms with van der Waals surface area (Å²) in [4.78, 5) is 49.5. The average molecular weight is 594 g/mol. The maximum absolute atomic E-state index is 13.1. The van der Waals surface area contributed by atoms with Gasteiger partial charge in [-0.3, -0.25) is 19.9 Å². The highest BCUT2D eigenvalue weighted by Crippen LogP contribution is 2.41. The molecule has 2 aliphatic rings. The van der Waals surface area contributed by atoms with Crippen molar-refractivity contribution in [2.45, 2.75) is 16.4 Å². The average Bonchev–Trinajstić information content (AvgIpc) is 3.54. The molecule has 2 amide bonds. The van der Waals surface area contributed by atoms with E-state index in [1.807, 2.05) is 0 Å². The van der Waals surface area contributed by atoms with Gasteiger partial charge in [0.25, 0.3) is 11.8 Å². The number of nitrogens with zero attached hydrogens (tertiary/aromatic N) is 8. The Hall–Kier alpha value is -4.17. The smallest absolute Gasteiger partial charge is 0.352 e. The normalized spacial score (nSPS) is 19.1. The molecule has 0 bridgehead atoms. The molecule has 0 aliphatic carbocycles. The highest BCUT2D eigenvalue weighted by atomic mass is 32.2. The monoisotopic (exact) mass is 593 g/mol. The predicted molar refractivity (Wildman–Crippen MR) is 138 cm³/mol. The van der Waals surface area contributed by atoms with E-state index in [0.717, 1.165) is 16.1 Å². The third-order valence-electron chi connectivity index (χ3n) is 5.62. The van der Waals surface area contributed by atoms with Crippen molar-refractivity contribution in [2.24, 2.45) is 5.16 Å². The molecule has 0 unspecified atom stereocenters. The lowest BCUT2D eigenvalue weighted by molar-refractivity contribution is -0.150. The zero-order chi connectivity index (χ0) is 27.8. The first kappa shape index (κ1) is 26.4. The summed E-state index contributed by atoms with van der Waals surface area (Å²) in [5.74, 6) is -2.07. The topological polar surface area (TPSA) is 228 Å². The van der Waals surface area contributed by atoms with Gasteiger partial charge in [0.05, 0.1) is 5.69 Å². The summed E-state index contributed by atoms with van der Waals surface area (Å²) in [7, 11) is 2.58. The van der Waals surface area contributed by atoms with Crippen LogP contribution in [0.1, 0.15) is 5.69 Å². The van der Waals surface area contributed by atoms with E-state index < -0.39 is 29.2 Å². The van der Waals surface area contributed by atoms with Crippen molar-refractivity contribution in [3.05, 3.63) is 33.2 Å². The highest BCUT2D eigenvalue weighted by Gasteiger charge is 2.54. The summed E-state index contributed by atoms with van der Waals surface area (Å²) >= 11 is 3.55. The third kappa shape index (κ3) is 4.65. The van der Waals surface area contributed by atoms with Crippen molar-refractivity contribution in [3.63, 3.8) is 0 Å². The van der Waals surface area contributed by atoms with Crippen LogP contribution in [-0.4, -0.2) is 101 Å². The SMILES string of the molecule is CON=C(C(=O)N[C@@H]1C(=O)N2C(C(=O)O)=C(CSc3cc(N)c4nnnn4n3)CS[C@@H]12)c1csc(=N)n1OC. The van der Waals surface area contributed by atoms with Crippen LogP contribution < -0.4 is 20.7 Å². The zero-order valence-electron chi connectivity index (χ0n) is 20.1. The number of fused-ring (bicyclic) bond motifs is 2. The first-order valence-corrected chi connectivity index (χ1v) is 13.8. The Balaban J connectivity index is 1.33. The van der Waals surface area contributed by atoms with E-state index in [2.05, 4.69) is 31.1 Å². The molecule has 0 aromatic carbocycles. The Bertz CT molecular complexity index is 1610. The van der Waals surface area contributed by atoms with Gasteiger partial charge >= 0.3 is 5.97 Å². The van der Waals surface area contributed by atoms with E-state index in [-0.39, 0.29) is 27.7 Å². The third-order valence-corrected chi connectivity index (χ3v) is 8.68. The minimum absolute atomic E-state index is 0.00948. The van der Waals surface area contributed by atoms with Crippen LogP contribution in [0.25, 0.3) is 5.65 Å². The molecular weight excluding hydrogens is 574 g/mol. The molecule has 17 nitrogen and oxygen atoms in total. The van der Waals surface area contributed by atoms with Crippen molar-refractivity contribution in [2.75, 3.05) is 31.5 Å². The molecule has 2 atom stereocenters. The number of aromatic nitrogens is 6. The second-order valence-corrected chi connectivity index (χ2v) is 10.8. The van der Waals surface area contributed by atoms with Gasteiger partial charge in [-0.25, -0.2) is 4.79 Å². The van der Waals surface area contributed by atoms with Gasteiger partial charge in [-0.15, -0.1) is 37.9 Å². The number of carbonyl (C=O) groups is 3. The van der Waals surface area contributed by atoms with Crippen LogP contribution in [0, 0.1) is 5.41 Å². The second kappa shape index (κ2) is 10.5. The van der Waals surface area contributed by atoms with E-state index in [1.165, 1.54) is 52.7 Å². The van der Waals surface area contributed by atoms with Crippen molar-refractivity contribution in [3.8, 4) is 0 Å². The molecule has 5 rings (SSSR count). The summed E-state index contributed by atoms with van der Waals surface area (Å²) in [6.07, 6.45) is 0. The number of aliphatic carboxylic acids is 1. The quantitative estimate of drug-likeness (QED) is 0.0948. The molecule has 39 heavy (non-hydrogen) atoms. The Labute approximate surface area is 230 Å². The lowest BCUT2D eigenvalue weighted by atomic mass is 10.0. The van der Waals surface area contributed by atoms with Crippen LogP contribution in [0.5, 0.6) is 0 Å². The van der Waals surface area contributed by atoms with Gasteiger partial charge in [0.1, 0.15) is 42.1 Å². The molecule has 204 valence electrons. The van der Waals surface area contributed by atoms with Crippen molar-refractivity contribution in [1.29, 1.82) is 5.41 Å². The highest BCUT2D eigenvalue weighted by molar-refractivity contribution is 8.01. The van der Waals surface area contributed by atoms with E-state index in [1.54, 1.807) is 6.07 Å². The number of carboxylic acid groups (broad SMARTS) is 1. The van der Waals surface area contributed by atoms with Crippen LogP contribution >= 0.6 is 34.9 Å².